The molecule has 1 aromatic rings. The highest BCUT2D eigenvalue weighted by Gasteiger charge is 2.33. The Balaban J connectivity index is 2.89. The second-order valence-electron chi connectivity index (χ2n) is 4.67. The Morgan fingerprint density at radius 1 is 1.22 bits per heavy atom. The Kier molecular flexibility index (Phi) is 4.96. The van der Waals surface area contributed by atoms with E-state index in [0.29, 0.717) is 22.5 Å². The molecule has 2 N–H and O–H groups in total. The Morgan fingerprint density at radius 2 is 1.83 bits per heavy atom. The van der Waals surface area contributed by atoms with Crippen molar-refractivity contribution in [3.05, 3.63) is 29.3 Å². The van der Waals surface area contributed by atoms with Crippen molar-refractivity contribution in [2.45, 2.75) is 38.0 Å². The maximum absolute atomic E-state index is 12.8. The van der Waals surface area contributed by atoms with Gasteiger partial charge in [-0.1, -0.05) is 26.8 Å². The molecule has 5 heteroatoms. The Labute approximate surface area is 110 Å². The Bertz CT molecular complexity index is 402. The van der Waals surface area contributed by atoms with Crippen molar-refractivity contribution < 1.29 is 13.2 Å². The van der Waals surface area contributed by atoms with Gasteiger partial charge in [0, 0.05) is 16.7 Å². The maximum atomic E-state index is 12.8. The van der Waals surface area contributed by atoms with Gasteiger partial charge in [-0.3, -0.25) is 0 Å². The van der Waals surface area contributed by atoms with Gasteiger partial charge in [0.05, 0.1) is 5.56 Å². The third kappa shape index (κ3) is 4.12. The molecule has 0 fully saturated rings. The van der Waals surface area contributed by atoms with Crippen molar-refractivity contribution in [1.29, 1.82) is 0 Å². The molecule has 0 bridgehead atoms. The SMILES string of the molecule is CC(C)C(C)SCc1ccc(N)cc1C(F)(F)F. The van der Waals surface area contributed by atoms with Crippen LogP contribution in [-0.4, -0.2) is 5.25 Å². The monoisotopic (exact) mass is 277 g/mol. The first-order valence-electron chi connectivity index (χ1n) is 5.79. The van der Waals surface area contributed by atoms with Crippen LogP contribution >= 0.6 is 11.8 Å². The number of hydrogen-bond donors (Lipinski definition) is 1. The van der Waals surface area contributed by atoms with Crippen molar-refractivity contribution in [3.63, 3.8) is 0 Å². The van der Waals surface area contributed by atoms with Crippen LogP contribution in [-0.2, 0) is 11.9 Å². The fourth-order valence-corrected chi connectivity index (χ4v) is 2.48. The fraction of sp³-hybridized carbons (Fsp3) is 0.538. The molecular weight excluding hydrogens is 259 g/mol. The molecule has 0 saturated heterocycles. The van der Waals surface area contributed by atoms with E-state index in [0.717, 1.165) is 6.07 Å². The predicted octanol–water partition coefficient (Wildman–Crippen LogP) is 4.57. The molecule has 0 aliphatic carbocycles. The highest BCUT2D eigenvalue weighted by Crippen LogP contribution is 2.35. The summed E-state index contributed by atoms with van der Waals surface area (Å²) in [4.78, 5) is 0. The minimum Gasteiger partial charge on any atom is -0.399 e. The highest BCUT2D eigenvalue weighted by atomic mass is 32.2. The average Bonchev–Trinajstić information content (AvgIpc) is 2.25. The summed E-state index contributed by atoms with van der Waals surface area (Å²) in [5, 5.41) is 0.323. The molecule has 1 nitrogen and oxygen atoms in total. The third-order valence-electron chi connectivity index (χ3n) is 2.88. The standard InChI is InChI=1S/C13H18F3NS/c1-8(2)9(3)18-7-10-4-5-11(17)6-12(10)13(14,15)16/h4-6,8-9H,7,17H2,1-3H3. The number of hydrogen-bond acceptors (Lipinski definition) is 2. The summed E-state index contributed by atoms with van der Waals surface area (Å²) >= 11 is 1.53. The molecule has 0 spiro atoms. The fourth-order valence-electron chi connectivity index (χ4n) is 1.40. The molecule has 0 saturated carbocycles. The summed E-state index contributed by atoms with van der Waals surface area (Å²) in [5.74, 6) is 0.798. The average molecular weight is 277 g/mol. The third-order valence-corrected chi connectivity index (χ3v) is 4.43. The van der Waals surface area contributed by atoms with Gasteiger partial charge in [-0.05, 0) is 23.6 Å². The number of nitrogen functional groups attached to an aromatic ring is 1. The molecule has 102 valence electrons. The lowest BCUT2D eigenvalue weighted by atomic mass is 10.1. The minimum atomic E-state index is -4.34. The number of nitrogens with two attached hydrogens (primary N) is 1. The number of rotatable bonds is 4. The van der Waals surface area contributed by atoms with Crippen LogP contribution in [0.5, 0.6) is 0 Å². The van der Waals surface area contributed by atoms with Crippen LogP contribution in [0.25, 0.3) is 0 Å². The summed E-state index contributed by atoms with van der Waals surface area (Å²) in [6.07, 6.45) is -4.34. The lowest BCUT2D eigenvalue weighted by Crippen LogP contribution is -2.11. The summed E-state index contributed by atoms with van der Waals surface area (Å²) in [5.41, 5.74) is 5.25. The predicted molar refractivity (Wildman–Crippen MR) is 71.5 cm³/mol. The van der Waals surface area contributed by atoms with Gasteiger partial charge < -0.3 is 5.73 Å². The number of anilines is 1. The summed E-state index contributed by atoms with van der Waals surface area (Å²) < 4.78 is 38.5. The van der Waals surface area contributed by atoms with Gasteiger partial charge >= 0.3 is 6.18 Å². The molecule has 1 atom stereocenters. The Morgan fingerprint density at radius 3 is 2.33 bits per heavy atom. The molecule has 1 rings (SSSR count). The first-order chi connectivity index (χ1) is 8.21. The van der Waals surface area contributed by atoms with Crippen molar-refractivity contribution in [3.8, 4) is 0 Å². The van der Waals surface area contributed by atoms with Crippen LogP contribution in [0.15, 0.2) is 18.2 Å². The van der Waals surface area contributed by atoms with Gasteiger partial charge in [0.2, 0.25) is 0 Å². The minimum absolute atomic E-state index is 0.146. The molecule has 0 radical (unpaired) electrons. The number of thioether (sulfide) groups is 1. The smallest absolute Gasteiger partial charge is 0.399 e. The molecule has 0 heterocycles. The van der Waals surface area contributed by atoms with Gasteiger partial charge in [0.1, 0.15) is 0 Å². The van der Waals surface area contributed by atoms with Crippen molar-refractivity contribution >= 4 is 17.4 Å². The Hall–Kier alpha value is -0.840. The summed E-state index contributed by atoms with van der Waals surface area (Å²) in [6, 6.07) is 4.00. The zero-order chi connectivity index (χ0) is 13.9. The van der Waals surface area contributed by atoms with Crippen LogP contribution in [0.2, 0.25) is 0 Å². The lowest BCUT2D eigenvalue weighted by molar-refractivity contribution is -0.138. The quantitative estimate of drug-likeness (QED) is 0.816. The second-order valence-corrected chi connectivity index (χ2v) is 6.04. The number of benzene rings is 1. The summed E-state index contributed by atoms with van der Waals surface area (Å²) in [7, 11) is 0. The van der Waals surface area contributed by atoms with E-state index in [1.54, 1.807) is 0 Å². The van der Waals surface area contributed by atoms with E-state index in [-0.39, 0.29) is 5.69 Å². The van der Waals surface area contributed by atoms with E-state index >= 15 is 0 Å². The number of alkyl halides is 3. The van der Waals surface area contributed by atoms with E-state index in [1.807, 2.05) is 6.92 Å². The van der Waals surface area contributed by atoms with E-state index in [2.05, 4.69) is 13.8 Å². The summed E-state index contributed by atoms with van der Waals surface area (Å²) in [6.45, 7) is 6.15. The second kappa shape index (κ2) is 5.87. The van der Waals surface area contributed by atoms with Crippen molar-refractivity contribution in [2.24, 2.45) is 5.92 Å². The molecule has 1 unspecified atom stereocenters. The van der Waals surface area contributed by atoms with Gasteiger partial charge in [-0.2, -0.15) is 24.9 Å². The molecule has 1 aromatic carbocycles. The highest BCUT2D eigenvalue weighted by molar-refractivity contribution is 7.99. The molecule has 18 heavy (non-hydrogen) atoms. The molecular formula is C13H18F3NS. The van der Waals surface area contributed by atoms with Gasteiger partial charge in [-0.25, -0.2) is 0 Å². The van der Waals surface area contributed by atoms with E-state index in [4.69, 9.17) is 5.73 Å². The van der Waals surface area contributed by atoms with E-state index in [1.165, 1.54) is 23.9 Å². The molecule has 0 amide bonds. The van der Waals surface area contributed by atoms with E-state index in [9.17, 15) is 13.2 Å². The zero-order valence-corrected chi connectivity index (χ0v) is 11.5. The van der Waals surface area contributed by atoms with Gasteiger partial charge in [0.15, 0.2) is 0 Å². The van der Waals surface area contributed by atoms with Crippen molar-refractivity contribution in [2.75, 3.05) is 5.73 Å². The maximum Gasteiger partial charge on any atom is 0.416 e. The topological polar surface area (TPSA) is 26.0 Å². The van der Waals surface area contributed by atoms with Gasteiger partial charge in [0.25, 0.3) is 0 Å². The largest absolute Gasteiger partial charge is 0.416 e. The molecule has 0 aliphatic heterocycles. The van der Waals surface area contributed by atoms with Crippen LogP contribution in [0, 0.1) is 5.92 Å². The van der Waals surface area contributed by atoms with Crippen molar-refractivity contribution in [1.82, 2.24) is 0 Å². The van der Waals surface area contributed by atoms with Crippen LogP contribution in [0.1, 0.15) is 31.9 Å². The zero-order valence-electron chi connectivity index (χ0n) is 10.7. The number of halogens is 3. The van der Waals surface area contributed by atoms with Crippen LogP contribution in [0.4, 0.5) is 18.9 Å². The lowest BCUT2D eigenvalue weighted by Gasteiger charge is -2.17. The van der Waals surface area contributed by atoms with E-state index < -0.39 is 11.7 Å². The normalized spacial score (nSPS) is 13.9. The van der Waals surface area contributed by atoms with Crippen LogP contribution < -0.4 is 5.73 Å². The molecule has 0 aromatic heterocycles. The first kappa shape index (κ1) is 15.2. The van der Waals surface area contributed by atoms with Crippen LogP contribution in [0.3, 0.4) is 0 Å². The molecule has 0 aliphatic rings. The first-order valence-corrected chi connectivity index (χ1v) is 6.84. The van der Waals surface area contributed by atoms with Gasteiger partial charge in [-0.15, -0.1) is 0 Å².